The molecule has 0 radical (unpaired) electrons. The minimum atomic E-state index is -1.46. The Morgan fingerprint density at radius 2 is 1.72 bits per heavy atom. The Hall–Kier alpha value is -4.16. The molecule has 0 bridgehead atoms. The number of methoxy groups -OCH3 is 1. The van der Waals surface area contributed by atoms with Crippen molar-refractivity contribution in [3.8, 4) is 11.5 Å². The fourth-order valence-corrected chi connectivity index (χ4v) is 9.04. The molecule has 0 saturated carbocycles. The van der Waals surface area contributed by atoms with E-state index in [1.807, 2.05) is 32.0 Å². The van der Waals surface area contributed by atoms with E-state index in [-0.39, 0.29) is 43.9 Å². The Morgan fingerprint density at radius 1 is 1.02 bits per heavy atom. The van der Waals surface area contributed by atoms with Crippen LogP contribution in [0.5, 0.6) is 0 Å². The lowest BCUT2D eigenvalue weighted by Gasteiger charge is -2.47. The number of nitrogens with zero attached hydrogens (tertiary/aromatic N) is 7. The molecule has 1 amide bonds. The van der Waals surface area contributed by atoms with Crippen molar-refractivity contribution in [1.82, 2.24) is 35.0 Å². The van der Waals surface area contributed by atoms with Gasteiger partial charge in [-0.15, -0.1) is 5.10 Å². The molecule has 5 rings (SSSR count). The molecule has 3 saturated heterocycles. The van der Waals surface area contributed by atoms with Crippen molar-refractivity contribution in [3.63, 3.8) is 0 Å². The zero-order chi connectivity index (χ0) is 42.7. The van der Waals surface area contributed by atoms with Crippen molar-refractivity contribution in [3.05, 3.63) is 36.5 Å². The lowest BCUT2D eigenvalue weighted by Crippen LogP contribution is -2.60. The minimum absolute atomic E-state index is 0.0602. The minimum Gasteiger partial charge on any atom is -0.458 e. The third-order valence-corrected chi connectivity index (χ3v) is 12.3. The first kappa shape index (κ1) is 44.9. The standard InChI is InChI=1S/C41H61N7O10/c1-12-30-41(8)34(47(39(53)58-41)19-15-16-20-48-36(43-44-45-48)28-17-13-14-18-42-28)25(4)31(49)23(2)22-40(7,54-11)35(26(5)32(50)27(6)37(52)56-30)57-38-33(51)29(46(9)10)21-24(3)55-38/h13-18,23-27,29-30,33-35,38,51H,12,19-22H2,1-11H3/b16-15+/t23-,24-,25+,26+,27-,29?,30-,33?,34-,35-,38+,40-,41-/m1/s1. The van der Waals surface area contributed by atoms with Gasteiger partial charge in [-0.2, -0.15) is 0 Å². The van der Waals surface area contributed by atoms with Gasteiger partial charge in [-0.1, -0.05) is 45.9 Å². The number of Topliss-reactive ketones (excluding diaryl/α,β-unsaturated/α-hetero) is 2. The van der Waals surface area contributed by atoms with Crippen LogP contribution in [0.1, 0.15) is 74.7 Å². The van der Waals surface area contributed by atoms with Gasteiger partial charge in [-0.05, 0) is 83.6 Å². The summed E-state index contributed by atoms with van der Waals surface area (Å²) in [7, 11) is 5.21. The van der Waals surface area contributed by atoms with E-state index in [1.54, 1.807) is 76.7 Å². The van der Waals surface area contributed by atoms with E-state index < -0.39 is 83.4 Å². The molecule has 0 aromatic carbocycles. The molecule has 17 heteroatoms. The number of aliphatic hydroxyl groups is 1. The third-order valence-electron chi connectivity index (χ3n) is 12.3. The number of carbonyl (C=O) groups is 4. The normalized spacial score (nSPS) is 36.8. The number of ketones is 2. The van der Waals surface area contributed by atoms with Crippen molar-refractivity contribution in [2.75, 3.05) is 27.7 Å². The van der Waals surface area contributed by atoms with E-state index in [0.717, 1.165) is 0 Å². The van der Waals surface area contributed by atoms with Crippen LogP contribution in [0.2, 0.25) is 0 Å². The molecular formula is C41H61N7O10. The average Bonchev–Trinajstić information content (AvgIpc) is 3.77. The number of hydrogen-bond acceptors (Lipinski definition) is 15. The van der Waals surface area contributed by atoms with Crippen molar-refractivity contribution < 1.29 is 48.0 Å². The zero-order valence-corrected chi connectivity index (χ0v) is 35.6. The number of ether oxygens (including phenoxy) is 5. The zero-order valence-electron chi connectivity index (χ0n) is 35.6. The molecule has 58 heavy (non-hydrogen) atoms. The molecule has 13 atom stereocenters. The summed E-state index contributed by atoms with van der Waals surface area (Å²) in [4.78, 5) is 64.5. The second-order valence-electron chi connectivity index (χ2n) is 16.7. The van der Waals surface area contributed by atoms with E-state index in [9.17, 15) is 24.3 Å². The maximum Gasteiger partial charge on any atom is 0.411 e. The van der Waals surface area contributed by atoms with E-state index in [2.05, 4.69) is 20.5 Å². The molecule has 3 aliphatic rings. The molecule has 2 aromatic heterocycles. The predicted molar refractivity (Wildman–Crippen MR) is 210 cm³/mol. The van der Waals surface area contributed by atoms with E-state index in [0.29, 0.717) is 17.9 Å². The molecular weight excluding hydrogens is 750 g/mol. The van der Waals surface area contributed by atoms with Crippen LogP contribution in [-0.2, 0) is 44.6 Å². The van der Waals surface area contributed by atoms with Crippen LogP contribution in [0.25, 0.3) is 11.5 Å². The van der Waals surface area contributed by atoms with E-state index in [1.165, 1.54) is 18.9 Å². The number of allylic oxidation sites excluding steroid dienone is 1. The van der Waals surface area contributed by atoms with Gasteiger partial charge in [-0.25, -0.2) is 9.48 Å². The first-order valence-electron chi connectivity index (χ1n) is 20.2. The van der Waals surface area contributed by atoms with Gasteiger partial charge in [0.15, 0.2) is 17.7 Å². The van der Waals surface area contributed by atoms with Crippen molar-refractivity contribution in [2.24, 2.45) is 23.7 Å². The quantitative estimate of drug-likeness (QED) is 0.208. The summed E-state index contributed by atoms with van der Waals surface area (Å²) < 4.78 is 32.7. The molecule has 0 spiro atoms. The fraction of sp³-hybridized carbons (Fsp3) is 0.707. The van der Waals surface area contributed by atoms with Gasteiger partial charge in [-0.3, -0.25) is 24.3 Å². The molecule has 17 nitrogen and oxygen atoms in total. The molecule has 2 aromatic rings. The van der Waals surface area contributed by atoms with Crippen molar-refractivity contribution in [2.45, 2.75) is 135 Å². The van der Waals surface area contributed by atoms with Crippen LogP contribution >= 0.6 is 0 Å². The number of cyclic esters (lactones) is 1. The van der Waals surface area contributed by atoms with Gasteiger partial charge < -0.3 is 33.7 Å². The number of amides is 1. The number of rotatable bonds is 10. The molecule has 320 valence electrons. The monoisotopic (exact) mass is 811 g/mol. The summed E-state index contributed by atoms with van der Waals surface area (Å²) in [5.74, 6) is -4.72. The highest BCUT2D eigenvalue weighted by atomic mass is 16.7. The number of likely N-dealkylation sites (N-methyl/N-ethyl adjacent to an activating group) is 1. The SMILES string of the molecule is CC[C@H]1OC(=O)[C@H](C)C(=O)[C@H](C)[C@@H](O[C@@H]2O[C@H](C)CC(N(C)C)C2O)[C@](C)(OC)C[C@@H](C)C(=O)[C@H](C)[C@H]2N(C/C=C/Cn3nnnc3-c3ccccn3)C(=O)O[C@]12C. The summed E-state index contributed by atoms with van der Waals surface area (Å²) >= 11 is 0. The van der Waals surface area contributed by atoms with Crippen LogP contribution in [0, 0.1) is 23.7 Å². The first-order chi connectivity index (χ1) is 27.4. The highest BCUT2D eigenvalue weighted by molar-refractivity contribution is 6.00. The number of aromatic nitrogens is 5. The van der Waals surface area contributed by atoms with Gasteiger partial charge in [0.1, 0.15) is 29.6 Å². The smallest absolute Gasteiger partial charge is 0.411 e. The van der Waals surface area contributed by atoms with Gasteiger partial charge in [0.2, 0.25) is 5.82 Å². The first-order valence-corrected chi connectivity index (χ1v) is 20.2. The highest BCUT2D eigenvalue weighted by Crippen LogP contribution is 2.43. The van der Waals surface area contributed by atoms with Gasteiger partial charge in [0.05, 0.1) is 30.4 Å². The van der Waals surface area contributed by atoms with Crippen molar-refractivity contribution in [1.29, 1.82) is 0 Å². The Kier molecular flexibility index (Phi) is 14.3. The van der Waals surface area contributed by atoms with Crippen LogP contribution in [-0.4, -0.2) is 145 Å². The molecule has 2 unspecified atom stereocenters. The number of tetrazole rings is 1. The van der Waals surface area contributed by atoms with Gasteiger partial charge in [0.25, 0.3) is 0 Å². The summed E-state index contributed by atoms with van der Waals surface area (Å²) in [6.45, 7) is 14.1. The molecule has 3 aliphatic heterocycles. The number of aliphatic hydroxyl groups excluding tert-OH is 1. The largest absolute Gasteiger partial charge is 0.458 e. The number of hydrogen-bond donors (Lipinski definition) is 1. The Labute approximate surface area is 340 Å². The second-order valence-corrected chi connectivity index (χ2v) is 16.7. The molecule has 5 heterocycles. The maximum absolute atomic E-state index is 14.7. The topological polar surface area (TPSA) is 198 Å². The average molecular weight is 812 g/mol. The third kappa shape index (κ3) is 9.03. The van der Waals surface area contributed by atoms with E-state index >= 15 is 0 Å². The molecule has 0 aliphatic carbocycles. The predicted octanol–water partition coefficient (Wildman–Crippen LogP) is 3.50. The summed E-state index contributed by atoms with van der Waals surface area (Å²) in [6.07, 6.45) is 0.894. The summed E-state index contributed by atoms with van der Waals surface area (Å²) in [6, 6.07) is 4.26. The number of fused-ring (bicyclic) bond motifs is 1. The van der Waals surface area contributed by atoms with Crippen molar-refractivity contribution >= 4 is 23.6 Å². The van der Waals surface area contributed by atoms with Gasteiger partial charge in [0, 0.05) is 43.6 Å². The number of carbonyl (C=O) groups excluding carboxylic acids is 4. The Balaban J connectivity index is 1.48. The Morgan fingerprint density at radius 3 is 2.36 bits per heavy atom. The Bertz CT molecular complexity index is 1790. The number of pyridine rings is 1. The molecule has 1 N–H and O–H groups in total. The number of esters is 1. The highest BCUT2D eigenvalue weighted by Gasteiger charge is 2.60. The van der Waals surface area contributed by atoms with Crippen LogP contribution < -0.4 is 0 Å². The maximum atomic E-state index is 14.7. The van der Waals surface area contributed by atoms with Crippen LogP contribution in [0.4, 0.5) is 4.79 Å². The summed E-state index contributed by atoms with van der Waals surface area (Å²) in [5, 5.41) is 23.4. The fourth-order valence-electron chi connectivity index (χ4n) is 9.04. The summed E-state index contributed by atoms with van der Waals surface area (Å²) in [5.41, 5.74) is -2.16. The lowest BCUT2D eigenvalue weighted by molar-refractivity contribution is -0.295. The van der Waals surface area contributed by atoms with Crippen LogP contribution in [0.3, 0.4) is 0 Å². The van der Waals surface area contributed by atoms with E-state index in [4.69, 9.17) is 23.7 Å². The van der Waals surface area contributed by atoms with Crippen LogP contribution in [0.15, 0.2) is 36.5 Å². The molecule has 3 fully saturated rings. The second kappa shape index (κ2) is 18.4. The van der Waals surface area contributed by atoms with Gasteiger partial charge >= 0.3 is 12.1 Å². The lowest BCUT2D eigenvalue weighted by atomic mass is 9.73.